The van der Waals surface area contributed by atoms with Crippen LogP contribution in [0.5, 0.6) is 17.2 Å². The summed E-state index contributed by atoms with van der Waals surface area (Å²) in [6.07, 6.45) is 3.14. The minimum absolute atomic E-state index is 0. The molecule has 0 saturated heterocycles. The SMILES string of the molecule is COc1ccc(CCC(C)NCCc2ccc(OC)c(OC)c2)cc1.Cl. The second kappa shape index (κ2) is 11.7. The van der Waals surface area contributed by atoms with Crippen molar-refractivity contribution in [2.45, 2.75) is 32.2 Å². The van der Waals surface area contributed by atoms with Crippen LogP contribution in [0.1, 0.15) is 24.5 Å². The lowest BCUT2D eigenvalue weighted by Gasteiger charge is -2.15. The van der Waals surface area contributed by atoms with Crippen molar-refractivity contribution >= 4 is 12.4 Å². The van der Waals surface area contributed by atoms with Crippen molar-refractivity contribution in [2.75, 3.05) is 27.9 Å². The van der Waals surface area contributed by atoms with E-state index in [9.17, 15) is 0 Å². The number of halogens is 1. The van der Waals surface area contributed by atoms with E-state index in [0.29, 0.717) is 6.04 Å². The number of rotatable bonds is 10. The first-order chi connectivity index (χ1) is 12.2. The summed E-state index contributed by atoms with van der Waals surface area (Å²) in [6.45, 7) is 3.18. The first-order valence-corrected chi connectivity index (χ1v) is 8.73. The Morgan fingerprint density at radius 2 is 1.46 bits per heavy atom. The summed E-state index contributed by atoms with van der Waals surface area (Å²) in [5.41, 5.74) is 2.59. The van der Waals surface area contributed by atoms with Crippen molar-refractivity contribution < 1.29 is 14.2 Å². The quantitative estimate of drug-likeness (QED) is 0.668. The van der Waals surface area contributed by atoms with Crippen LogP contribution in [0.25, 0.3) is 0 Å². The molecule has 144 valence electrons. The van der Waals surface area contributed by atoms with E-state index in [4.69, 9.17) is 14.2 Å². The summed E-state index contributed by atoms with van der Waals surface area (Å²) < 4.78 is 15.8. The molecule has 0 radical (unpaired) electrons. The lowest BCUT2D eigenvalue weighted by Crippen LogP contribution is -2.28. The molecule has 2 rings (SSSR count). The molecule has 0 aromatic heterocycles. The molecule has 0 aliphatic carbocycles. The standard InChI is InChI=1S/C21H29NO3.ClH/c1-16(5-6-17-7-10-19(23-2)11-8-17)22-14-13-18-9-12-20(24-3)21(15-18)25-4;/h7-12,15-16,22H,5-6,13-14H2,1-4H3;1H. The molecule has 0 fully saturated rings. The largest absolute Gasteiger partial charge is 0.497 e. The number of hydrogen-bond acceptors (Lipinski definition) is 4. The van der Waals surface area contributed by atoms with Crippen LogP contribution >= 0.6 is 12.4 Å². The van der Waals surface area contributed by atoms with Crippen molar-refractivity contribution in [1.82, 2.24) is 5.32 Å². The predicted molar refractivity (Wildman–Crippen MR) is 109 cm³/mol. The Balaban J connectivity index is 0.00000338. The van der Waals surface area contributed by atoms with Gasteiger partial charge in [-0.2, -0.15) is 0 Å². The smallest absolute Gasteiger partial charge is 0.160 e. The molecule has 0 heterocycles. The molecule has 0 bridgehead atoms. The second-order valence-corrected chi connectivity index (χ2v) is 6.18. The lowest BCUT2D eigenvalue weighted by atomic mass is 10.1. The van der Waals surface area contributed by atoms with Crippen molar-refractivity contribution in [1.29, 1.82) is 0 Å². The molecule has 5 heteroatoms. The topological polar surface area (TPSA) is 39.7 Å². The van der Waals surface area contributed by atoms with Gasteiger partial charge < -0.3 is 19.5 Å². The van der Waals surface area contributed by atoms with E-state index in [1.54, 1.807) is 21.3 Å². The average Bonchev–Trinajstić information content (AvgIpc) is 2.66. The second-order valence-electron chi connectivity index (χ2n) is 6.18. The van der Waals surface area contributed by atoms with Gasteiger partial charge in [-0.3, -0.25) is 0 Å². The maximum absolute atomic E-state index is 5.35. The van der Waals surface area contributed by atoms with Crippen LogP contribution in [0, 0.1) is 0 Å². The van der Waals surface area contributed by atoms with Gasteiger partial charge in [-0.1, -0.05) is 18.2 Å². The summed E-state index contributed by atoms with van der Waals surface area (Å²) in [6, 6.07) is 14.9. The Labute approximate surface area is 163 Å². The molecule has 4 nitrogen and oxygen atoms in total. The number of aryl methyl sites for hydroxylation is 1. The van der Waals surface area contributed by atoms with Crippen LogP contribution in [0.4, 0.5) is 0 Å². The summed E-state index contributed by atoms with van der Waals surface area (Å²) in [7, 11) is 5.02. The van der Waals surface area contributed by atoms with Crippen LogP contribution in [0.2, 0.25) is 0 Å². The van der Waals surface area contributed by atoms with Gasteiger partial charge in [-0.15, -0.1) is 12.4 Å². The Morgan fingerprint density at radius 3 is 2.08 bits per heavy atom. The van der Waals surface area contributed by atoms with Gasteiger partial charge in [0, 0.05) is 6.04 Å². The third-order valence-corrected chi connectivity index (χ3v) is 4.38. The highest BCUT2D eigenvalue weighted by Crippen LogP contribution is 2.27. The fraction of sp³-hybridized carbons (Fsp3) is 0.429. The molecule has 2 aromatic rings. The normalized spacial score (nSPS) is 11.4. The van der Waals surface area contributed by atoms with Crippen LogP contribution in [-0.2, 0) is 12.8 Å². The van der Waals surface area contributed by atoms with E-state index in [-0.39, 0.29) is 12.4 Å². The lowest BCUT2D eigenvalue weighted by molar-refractivity contribution is 0.354. The van der Waals surface area contributed by atoms with E-state index in [1.807, 2.05) is 24.3 Å². The summed E-state index contributed by atoms with van der Waals surface area (Å²) in [5, 5.41) is 3.59. The summed E-state index contributed by atoms with van der Waals surface area (Å²) >= 11 is 0. The first-order valence-electron chi connectivity index (χ1n) is 8.73. The zero-order valence-electron chi connectivity index (χ0n) is 16.1. The summed E-state index contributed by atoms with van der Waals surface area (Å²) in [5.74, 6) is 2.46. The van der Waals surface area contributed by atoms with Crippen molar-refractivity contribution in [3.8, 4) is 17.2 Å². The fourth-order valence-corrected chi connectivity index (χ4v) is 2.78. The van der Waals surface area contributed by atoms with Gasteiger partial charge in [0.05, 0.1) is 21.3 Å². The zero-order valence-corrected chi connectivity index (χ0v) is 16.9. The van der Waals surface area contributed by atoms with E-state index in [1.165, 1.54) is 11.1 Å². The average molecular weight is 380 g/mol. The predicted octanol–water partition coefficient (Wildman–Crippen LogP) is 4.29. The highest BCUT2D eigenvalue weighted by atomic mass is 35.5. The van der Waals surface area contributed by atoms with Gasteiger partial charge in [0.1, 0.15) is 5.75 Å². The van der Waals surface area contributed by atoms with Crippen LogP contribution in [-0.4, -0.2) is 33.9 Å². The molecule has 0 aliphatic heterocycles. The third-order valence-electron chi connectivity index (χ3n) is 4.38. The molecular formula is C21H30ClNO3. The van der Waals surface area contributed by atoms with Gasteiger partial charge >= 0.3 is 0 Å². The van der Waals surface area contributed by atoms with Crippen LogP contribution < -0.4 is 19.5 Å². The number of nitrogens with one attached hydrogen (secondary N) is 1. The molecule has 0 saturated carbocycles. The molecule has 0 aliphatic rings. The number of methoxy groups -OCH3 is 3. The third kappa shape index (κ3) is 6.77. The Morgan fingerprint density at radius 1 is 0.808 bits per heavy atom. The molecule has 1 atom stereocenters. The molecule has 1 unspecified atom stereocenters. The van der Waals surface area contributed by atoms with E-state index >= 15 is 0 Å². The highest BCUT2D eigenvalue weighted by molar-refractivity contribution is 5.85. The minimum atomic E-state index is 0. The van der Waals surface area contributed by atoms with Crippen molar-refractivity contribution in [3.05, 3.63) is 53.6 Å². The highest BCUT2D eigenvalue weighted by Gasteiger charge is 2.06. The minimum Gasteiger partial charge on any atom is -0.497 e. The Bertz CT molecular complexity index is 646. The van der Waals surface area contributed by atoms with Gasteiger partial charge in [-0.25, -0.2) is 0 Å². The molecule has 2 aromatic carbocycles. The van der Waals surface area contributed by atoms with Crippen molar-refractivity contribution in [3.63, 3.8) is 0 Å². The number of ether oxygens (including phenoxy) is 3. The molecular weight excluding hydrogens is 350 g/mol. The number of benzene rings is 2. The zero-order chi connectivity index (χ0) is 18.1. The van der Waals surface area contributed by atoms with Gasteiger partial charge in [0.25, 0.3) is 0 Å². The Hall–Kier alpha value is -1.91. The number of hydrogen-bond donors (Lipinski definition) is 1. The van der Waals surface area contributed by atoms with Gasteiger partial charge in [0.15, 0.2) is 11.5 Å². The maximum Gasteiger partial charge on any atom is 0.160 e. The maximum atomic E-state index is 5.35. The van der Waals surface area contributed by atoms with Gasteiger partial charge in [0.2, 0.25) is 0 Å². The van der Waals surface area contributed by atoms with Crippen LogP contribution in [0.15, 0.2) is 42.5 Å². The van der Waals surface area contributed by atoms with Crippen LogP contribution in [0.3, 0.4) is 0 Å². The first kappa shape index (κ1) is 22.1. The molecule has 1 N–H and O–H groups in total. The summed E-state index contributed by atoms with van der Waals surface area (Å²) in [4.78, 5) is 0. The van der Waals surface area contributed by atoms with Gasteiger partial charge in [-0.05, 0) is 68.1 Å². The molecule has 0 amide bonds. The van der Waals surface area contributed by atoms with Crippen molar-refractivity contribution in [2.24, 2.45) is 0 Å². The Kier molecular flexibility index (Phi) is 9.92. The monoisotopic (exact) mass is 379 g/mol. The molecule has 26 heavy (non-hydrogen) atoms. The van der Waals surface area contributed by atoms with E-state index < -0.39 is 0 Å². The molecule has 0 spiro atoms. The van der Waals surface area contributed by atoms with E-state index in [2.05, 4.69) is 30.4 Å². The van der Waals surface area contributed by atoms with E-state index in [0.717, 1.165) is 43.1 Å². The fourth-order valence-electron chi connectivity index (χ4n) is 2.78.